The number of carbonyl (C=O) groups is 2. The normalized spacial score (nSPS) is 21.7. The van der Waals surface area contributed by atoms with Gasteiger partial charge in [-0.2, -0.15) is 14.4 Å². The van der Waals surface area contributed by atoms with Crippen LogP contribution < -0.4 is 5.73 Å². The number of nitrogen functional groups attached to an aromatic ring is 1. The van der Waals surface area contributed by atoms with Gasteiger partial charge >= 0.3 is 18.0 Å². The second-order valence-corrected chi connectivity index (χ2v) is 8.60. The maximum absolute atomic E-state index is 13.9. The maximum atomic E-state index is 13.9. The molecule has 0 radical (unpaired) electrons. The first kappa shape index (κ1) is 26.3. The van der Waals surface area contributed by atoms with Crippen molar-refractivity contribution in [3.05, 3.63) is 12.4 Å². The number of ether oxygens (including phenoxy) is 3. The van der Waals surface area contributed by atoms with Crippen LogP contribution in [0, 0.1) is 18.4 Å². The minimum atomic E-state index is -1.53. The summed E-state index contributed by atoms with van der Waals surface area (Å²) in [5.41, 5.74) is 4.54. The molecule has 10 nitrogen and oxygen atoms in total. The highest BCUT2D eigenvalue weighted by molar-refractivity contribution is 5.81. The molecule has 0 bridgehead atoms. The van der Waals surface area contributed by atoms with Gasteiger partial charge in [0.25, 0.3) is 0 Å². The predicted molar refractivity (Wildman–Crippen MR) is 125 cm³/mol. The zero-order chi connectivity index (χ0) is 25.4. The van der Waals surface area contributed by atoms with Gasteiger partial charge in [-0.05, 0) is 12.8 Å². The first-order valence-corrected chi connectivity index (χ1v) is 12.0. The fraction of sp³-hybridized carbons (Fsp3) is 0.625. The van der Waals surface area contributed by atoms with Crippen LogP contribution in [0.4, 0.5) is 10.2 Å². The molecule has 0 aromatic carbocycles. The van der Waals surface area contributed by atoms with Crippen molar-refractivity contribution in [1.29, 1.82) is 0 Å². The van der Waals surface area contributed by atoms with Crippen LogP contribution in [-0.2, 0) is 23.8 Å². The molecule has 1 saturated heterocycles. The monoisotopic (exact) mass is 489 g/mol. The molecular weight excluding hydrogens is 457 g/mol. The van der Waals surface area contributed by atoms with Crippen molar-refractivity contribution < 1.29 is 28.2 Å². The lowest BCUT2D eigenvalue weighted by molar-refractivity contribution is -0.166. The molecule has 0 saturated carbocycles. The van der Waals surface area contributed by atoms with Crippen LogP contribution in [0.15, 0.2) is 6.33 Å². The molecule has 3 unspecified atom stereocenters. The van der Waals surface area contributed by atoms with Gasteiger partial charge in [-0.3, -0.25) is 14.2 Å². The third-order valence-electron chi connectivity index (χ3n) is 5.95. The minimum Gasteiger partial charge on any atom is -0.461 e. The highest BCUT2D eigenvalue weighted by Gasteiger charge is 2.52. The molecule has 190 valence electrons. The summed E-state index contributed by atoms with van der Waals surface area (Å²) in [7, 11) is 0. The van der Waals surface area contributed by atoms with Crippen molar-refractivity contribution in [2.45, 2.75) is 89.6 Å². The Balaban J connectivity index is 1.83. The Labute approximate surface area is 203 Å². The van der Waals surface area contributed by atoms with Gasteiger partial charge in [0.05, 0.1) is 6.33 Å². The van der Waals surface area contributed by atoms with Gasteiger partial charge in [-0.15, -0.1) is 6.42 Å². The number of rotatable bonds is 12. The van der Waals surface area contributed by atoms with E-state index in [1.807, 2.05) is 6.92 Å². The number of aromatic nitrogens is 4. The second kappa shape index (κ2) is 11.9. The number of nitrogens with two attached hydrogens (primary N) is 1. The summed E-state index contributed by atoms with van der Waals surface area (Å²) < 4.78 is 32.6. The van der Waals surface area contributed by atoms with E-state index in [2.05, 4.69) is 27.8 Å². The van der Waals surface area contributed by atoms with Gasteiger partial charge in [0.15, 0.2) is 17.0 Å². The van der Waals surface area contributed by atoms with E-state index in [1.54, 1.807) is 0 Å². The fourth-order valence-corrected chi connectivity index (χ4v) is 3.97. The molecule has 1 aliphatic heterocycles. The van der Waals surface area contributed by atoms with Crippen LogP contribution in [0.2, 0.25) is 0 Å². The number of terminal acetylenes is 1. The van der Waals surface area contributed by atoms with Crippen molar-refractivity contribution in [2.75, 3.05) is 12.3 Å². The van der Waals surface area contributed by atoms with Crippen molar-refractivity contribution in [3.8, 4) is 12.3 Å². The Bertz CT molecular complexity index is 1080. The van der Waals surface area contributed by atoms with E-state index in [0.29, 0.717) is 12.8 Å². The standard InChI is InChI=1S/C24H32FN5O5/c1-4-7-9-10-12-19(32)34-16-13-17(30-15-27-20-21(26)28-23(25)29-22(20)30)35-24(16,6-3)14-33-18(31)11-8-5-2/h3,15-17H,4-5,7-14H2,1-2H3,(H2,26,28,29). The number of esters is 2. The lowest BCUT2D eigenvalue weighted by Gasteiger charge is -2.28. The molecule has 0 aliphatic carbocycles. The molecule has 35 heavy (non-hydrogen) atoms. The molecule has 2 aromatic rings. The largest absolute Gasteiger partial charge is 0.461 e. The average molecular weight is 490 g/mol. The Morgan fingerprint density at radius 3 is 2.69 bits per heavy atom. The van der Waals surface area contributed by atoms with Crippen LogP contribution in [0.5, 0.6) is 0 Å². The van der Waals surface area contributed by atoms with E-state index in [1.165, 1.54) is 10.9 Å². The molecule has 1 fully saturated rings. The zero-order valence-electron chi connectivity index (χ0n) is 20.2. The van der Waals surface area contributed by atoms with Crippen LogP contribution in [0.1, 0.15) is 77.9 Å². The second-order valence-electron chi connectivity index (χ2n) is 8.60. The Morgan fingerprint density at radius 2 is 1.97 bits per heavy atom. The Morgan fingerprint density at radius 1 is 1.23 bits per heavy atom. The third kappa shape index (κ3) is 6.25. The number of unbranched alkanes of at least 4 members (excludes halogenated alkanes) is 4. The summed E-state index contributed by atoms with van der Waals surface area (Å²) in [6, 6.07) is 0. The van der Waals surface area contributed by atoms with E-state index < -0.39 is 35.9 Å². The summed E-state index contributed by atoms with van der Waals surface area (Å²) in [6.45, 7) is 3.75. The number of imidazole rings is 1. The summed E-state index contributed by atoms with van der Waals surface area (Å²) in [6.07, 6.45) is 10.3. The van der Waals surface area contributed by atoms with Gasteiger partial charge in [0.2, 0.25) is 5.60 Å². The number of hydrogen-bond acceptors (Lipinski definition) is 9. The Hall–Kier alpha value is -3.26. The van der Waals surface area contributed by atoms with E-state index in [-0.39, 0.29) is 42.9 Å². The first-order valence-electron chi connectivity index (χ1n) is 12.0. The van der Waals surface area contributed by atoms with Gasteiger partial charge in [0, 0.05) is 19.3 Å². The van der Waals surface area contributed by atoms with Gasteiger partial charge in [-0.25, -0.2) is 4.98 Å². The van der Waals surface area contributed by atoms with Gasteiger partial charge in [-0.1, -0.05) is 45.5 Å². The number of anilines is 1. The van der Waals surface area contributed by atoms with E-state index in [9.17, 15) is 14.0 Å². The van der Waals surface area contributed by atoms with Gasteiger partial charge < -0.3 is 19.9 Å². The van der Waals surface area contributed by atoms with Crippen molar-refractivity contribution in [2.24, 2.45) is 0 Å². The van der Waals surface area contributed by atoms with Crippen molar-refractivity contribution in [3.63, 3.8) is 0 Å². The fourth-order valence-electron chi connectivity index (χ4n) is 3.97. The average Bonchev–Trinajstić information content (AvgIpc) is 3.41. The molecule has 2 N–H and O–H groups in total. The van der Waals surface area contributed by atoms with E-state index in [4.69, 9.17) is 26.4 Å². The summed E-state index contributed by atoms with van der Waals surface area (Å²) >= 11 is 0. The van der Waals surface area contributed by atoms with Crippen LogP contribution in [0.3, 0.4) is 0 Å². The molecule has 3 atom stereocenters. The number of carbonyl (C=O) groups excluding carboxylic acids is 2. The van der Waals surface area contributed by atoms with Crippen LogP contribution in [-0.4, -0.2) is 49.8 Å². The smallest absolute Gasteiger partial charge is 0.312 e. The number of fused-ring (bicyclic) bond motifs is 1. The minimum absolute atomic E-state index is 0.109. The zero-order valence-corrected chi connectivity index (χ0v) is 20.2. The first-order chi connectivity index (χ1) is 16.8. The summed E-state index contributed by atoms with van der Waals surface area (Å²) in [4.78, 5) is 36.2. The topological polar surface area (TPSA) is 131 Å². The third-order valence-corrected chi connectivity index (χ3v) is 5.95. The lowest BCUT2D eigenvalue weighted by atomic mass is 9.98. The number of hydrogen-bond donors (Lipinski definition) is 1. The molecule has 0 spiro atoms. The predicted octanol–water partition coefficient (Wildman–Crippen LogP) is 3.45. The van der Waals surface area contributed by atoms with Crippen molar-refractivity contribution in [1.82, 2.24) is 19.5 Å². The molecule has 2 aromatic heterocycles. The molecule has 3 rings (SSSR count). The molecule has 11 heteroatoms. The van der Waals surface area contributed by atoms with E-state index in [0.717, 1.165) is 25.7 Å². The summed E-state index contributed by atoms with van der Waals surface area (Å²) in [5.74, 6) is 1.58. The number of halogens is 1. The highest BCUT2D eigenvalue weighted by Crippen LogP contribution is 2.40. The maximum Gasteiger partial charge on any atom is 0.312 e. The summed E-state index contributed by atoms with van der Waals surface area (Å²) in [5, 5.41) is 0. The van der Waals surface area contributed by atoms with Gasteiger partial charge in [0.1, 0.15) is 18.9 Å². The Kier molecular flexibility index (Phi) is 8.98. The van der Waals surface area contributed by atoms with Crippen LogP contribution in [0.25, 0.3) is 11.2 Å². The molecule has 1 aliphatic rings. The lowest BCUT2D eigenvalue weighted by Crippen LogP contribution is -2.45. The van der Waals surface area contributed by atoms with Crippen LogP contribution >= 0.6 is 0 Å². The highest BCUT2D eigenvalue weighted by atomic mass is 19.1. The van der Waals surface area contributed by atoms with E-state index >= 15 is 0 Å². The molecular formula is C24H32FN5O5. The quantitative estimate of drug-likeness (QED) is 0.206. The SMILES string of the molecule is C#CC1(COC(=O)CCCC)OC(n2cnc3c(N)nc(F)nc32)CC1OC(=O)CCCCCC. The molecule has 0 amide bonds. The van der Waals surface area contributed by atoms with Crippen molar-refractivity contribution >= 4 is 28.9 Å². The number of nitrogens with zero attached hydrogens (tertiary/aromatic N) is 4. The molecule has 3 heterocycles.